The van der Waals surface area contributed by atoms with E-state index >= 15 is 0 Å². The maximum Gasteiger partial charge on any atom is 0.133 e. The Morgan fingerprint density at radius 3 is 2.68 bits per heavy atom. The SMILES string of the molecule is Cc1cc(Nc2ccc(OC3CCOCC3)c(C)c2)ncn1. The molecule has 2 heterocycles. The zero-order valence-electron chi connectivity index (χ0n) is 13.0. The van der Waals surface area contributed by atoms with Crippen LogP contribution in [-0.2, 0) is 4.74 Å². The Kier molecular flexibility index (Phi) is 4.53. The number of nitrogens with zero attached hydrogens (tertiary/aromatic N) is 2. The number of aryl methyl sites for hydroxylation is 2. The molecule has 1 fully saturated rings. The van der Waals surface area contributed by atoms with Crippen LogP contribution in [0.15, 0.2) is 30.6 Å². The molecule has 1 aromatic heterocycles. The molecule has 1 saturated heterocycles. The van der Waals surface area contributed by atoms with Crippen molar-refractivity contribution in [3.05, 3.63) is 41.9 Å². The normalized spacial score (nSPS) is 15.5. The number of aromatic nitrogens is 2. The fourth-order valence-electron chi connectivity index (χ4n) is 2.50. The fraction of sp³-hybridized carbons (Fsp3) is 0.412. The Morgan fingerprint density at radius 1 is 1.14 bits per heavy atom. The lowest BCUT2D eigenvalue weighted by molar-refractivity contribution is 0.0253. The number of ether oxygens (including phenoxy) is 2. The summed E-state index contributed by atoms with van der Waals surface area (Å²) in [5, 5.41) is 3.29. The zero-order chi connectivity index (χ0) is 15.4. The van der Waals surface area contributed by atoms with Crippen molar-refractivity contribution in [1.82, 2.24) is 9.97 Å². The molecule has 0 amide bonds. The molecule has 0 unspecified atom stereocenters. The predicted molar refractivity (Wildman–Crippen MR) is 85.7 cm³/mol. The van der Waals surface area contributed by atoms with E-state index in [1.54, 1.807) is 6.33 Å². The Morgan fingerprint density at radius 2 is 1.95 bits per heavy atom. The van der Waals surface area contributed by atoms with E-state index < -0.39 is 0 Å². The number of hydrogen-bond donors (Lipinski definition) is 1. The summed E-state index contributed by atoms with van der Waals surface area (Å²) in [7, 11) is 0. The highest BCUT2D eigenvalue weighted by molar-refractivity contribution is 5.59. The molecule has 0 spiro atoms. The molecular weight excluding hydrogens is 278 g/mol. The summed E-state index contributed by atoms with van der Waals surface area (Å²) >= 11 is 0. The third kappa shape index (κ3) is 3.74. The van der Waals surface area contributed by atoms with Crippen molar-refractivity contribution < 1.29 is 9.47 Å². The minimum Gasteiger partial charge on any atom is -0.490 e. The van der Waals surface area contributed by atoms with Crippen molar-refractivity contribution in [2.75, 3.05) is 18.5 Å². The quantitative estimate of drug-likeness (QED) is 0.937. The van der Waals surface area contributed by atoms with Gasteiger partial charge in [0.15, 0.2) is 0 Å². The molecular formula is C17H21N3O2. The van der Waals surface area contributed by atoms with Crippen LogP contribution < -0.4 is 10.1 Å². The third-order valence-electron chi connectivity index (χ3n) is 3.71. The molecule has 5 heteroatoms. The van der Waals surface area contributed by atoms with Crippen molar-refractivity contribution in [1.29, 1.82) is 0 Å². The van der Waals surface area contributed by atoms with Crippen molar-refractivity contribution in [3.8, 4) is 5.75 Å². The highest BCUT2D eigenvalue weighted by Crippen LogP contribution is 2.26. The molecule has 0 aliphatic carbocycles. The monoisotopic (exact) mass is 299 g/mol. The van der Waals surface area contributed by atoms with Gasteiger partial charge in [-0.05, 0) is 37.6 Å². The molecule has 1 aliphatic rings. The van der Waals surface area contributed by atoms with E-state index in [0.29, 0.717) is 0 Å². The summed E-state index contributed by atoms with van der Waals surface area (Å²) in [6.07, 6.45) is 3.74. The van der Waals surface area contributed by atoms with Gasteiger partial charge in [-0.2, -0.15) is 0 Å². The van der Waals surface area contributed by atoms with Gasteiger partial charge in [0.25, 0.3) is 0 Å². The second kappa shape index (κ2) is 6.75. The van der Waals surface area contributed by atoms with Crippen LogP contribution in [0.1, 0.15) is 24.1 Å². The van der Waals surface area contributed by atoms with Crippen LogP contribution in [0.4, 0.5) is 11.5 Å². The van der Waals surface area contributed by atoms with E-state index in [9.17, 15) is 0 Å². The van der Waals surface area contributed by atoms with E-state index in [0.717, 1.165) is 54.6 Å². The number of anilines is 2. The molecule has 0 saturated carbocycles. The first kappa shape index (κ1) is 14.8. The van der Waals surface area contributed by atoms with Crippen LogP contribution in [0, 0.1) is 13.8 Å². The maximum atomic E-state index is 6.08. The number of benzene rings is 1. The standard InChI is InChI=1S/C17H21N3O2/c1-12-9-14(20-17-10-13(2)18-11-19-17)3-4-16(12)22-15-5-7-21-8-6-15/h3-4,9-11,15H,5-8H2,1-2H3,(H,18,19,20). The fourth-order valence-corrected chi connectivity index (χ4v) is 2.50. The Balaban J connectivity index is 1.68. The molecule has 1 aromatic carbocycles. The van der Waals surface area contributed by atoms with Gasteiger partial charge in [0.1, 0.15) is 24.0 Å². The summed E-state index contributed by atoms with van der Waals surface area (Å²) in [6.45, 7) is 5.58. The smallest absolute Gasteiger partial charge is 0.133 e. The molecule has 0 atom stereocenters. The van der Waals surface area contributed by atoms with Gasteiger partial charge in [-0.1, -0.05) is 0 Å². The van der Waals surface area contributed by atoms with E-state index in [-0.39, 0.29) is 6.10 Å². The second-order valence-electron chi connectivity index (χ2n) is 5.58. The van der Waals surface area contributed by atoms with Crippen LogP contribution >= 0.6 is 0 Å². The first-order valence-electron chi connectivity index (χ1n) is 7.61. The number of rotatable bonds is 4. The average Bonchev–Trinajstić information content (AvgIpc) is 2.51. The summed E-state index contributed by atoms with van der Waals surface area (Å²) in [5.74, 6) is 1.74. The number of hydrogen-bond acceptors (Lipinski definition) is 5. The first-order chi connectivity index (χ1) is 10.7. The van der Waals surface area contributed by atoms with Crippen molar-refractivity contribution in [2.24, 2.45) is 0 Å². The van der Waals surface area contributed by atoms with Gasteiger partial charge < -0.3 is 14.8 Å². The molecule has 1 aliphatic heterocycles. The summed E-state index contributed by atoms with van der Waals surface area (Å²) < 4.78 is 11.4. The topological polar surface area (TPSA) is 56.3 Å². The molecule has 116 valence electrons. The lowest BCUT2D eigenvalue weighted by Crippen LogP contribution is -2.26. The van der Waals surface area contributed by atoms with Gasteiger partial charge in [0.2, 0.25) is 0 Å². The largest absolute Gasteiger partial charge is 0.490 e. The van der Waals surface area contributed by atoms with Gasteiger partial charge in [-0.25, -0.2) is 9.97 Å². The lowest BCUT2D eigenvalue weighted by atomic mass is 10.1. The highest BCUT2D eigenvalue weighted by atomic mass is 16.5. The maximum absolute atomic E-state index is 6.08. The van der Waals surface area contributed by atoms with Crippen molar-refractivity contribution in [2.45, 2.75) is 32.8 Å². The minimum atomic E-state index is 0.260. The number of nitrogens with one attached hydrogen (secondary N) is 1. The van der Waals surface area contributed by atoms with Crippen molar-refractivity contribution in [3.63, 3.8) is 0 Å². The van der Waals surface area contributed by atoms with Gasteiger partial charge in [-0.15, -0.1) is 0 Å². The first-order valence-corrected chi connectivity index (χ1v) is 7.61. The lowest BCUT2D eigenvalue weighted by Gasteiger charge is -2.24. The Hall–Kier alpha value is -2.14. The Labute approximate surface area is 130 Å². The van der Waals surface area contributed by atoms with Gasteiger partial charge in [0, 0.05) is 30.3 Å². The van der Waals surface area contributed by atoms with Crippen LogP contribution in [-0.4, -0.2) is 29.3 Å². The average molecular weight is 299 g/mol. The molecule has 5 nitrogen and oxygen atoms in total. The van der Waals surface area contributed by atoms with Crippen LogP contribution in [0.5, 0.6) is 5.75 Å². The van der Waals surface area contributed by atoms with E-state index in [2.05, 4.69) is 28.3 Å². The van der Waals surface area contributed by atoms with Gasteiger partial charge in [0.05, 0.1) is 13.2 Å². The van der Waals surface area contributed by atoms with E-state index in [1.807, 2.05) is 25.1 Å². The highest BCUT2D eigenvalue weighted by Gasteiger charge is 2.16. The third-order valence-corrected chi connectivity index (χ3v) is 3.71. The molecule has 1 N–H and O–H groups in total. The second-order valence-corrected chi connectivity index (χ2v) is 5.58. The van der Waals surface area contributed by atoms with Crippen molar-refractivity contribution >= 4 is 11.5 Å². The van der Waals surface area contributed by atoms with Gasteiger partial charge >= 0.3 is 0 Å². The summed E-state index contributed by atoms with van der Waals surface area (Å²) in [6, 6.07) is 8.02. The van der Waals surface area contributed by atoms with Crippen LogP contribution in [0.3, 0.4) is 0 Å². The minimum absolute atomic E-state index is 0.260. The van der Waals surface area contributed by atoms with E-state index in [1.165, 1.54) is 0 Å². The van der Waals surface area contributed by atoms with Crippen LogP contribution in [0.2, 0.25) is 0 Å². The molecule has 3 rings (SSSR count). The van der Waals surface area contributed by atoms with E-state index in [4.69, 9.17) is 9.47 Å². The van der Waals surface area contributed by atoms with Crippen LogP contribution in [0.25, 0.3) is 0 Å². The summed E-state index contributed by atoms with van der Waals surface area (Å²) in [4.78, 5) is 8.31. The zero-order valence-corrected chi connectivity index (χ0v) is 13.0. The molecule has 22 heavy (non-hydrogen) atoms. The Bertz CT molecular complexity index is 640. The predicted octanol–water partition coefficient (Wildman–Crippen LogP) is 3.39. The molecule has 0 radical (unpaired) electrons. The molecule has 0 bridgehead atoms. The van der Waals surface area contributed by atoms with Gasteiger partial charge in [-0.3, -0.25) is 0 Å². The molecule has 2 aromatic rings. The summed E-state index contributed by atoms with van der Waals surface area (Å²) in [5.41, 5.74) is 3.05.